The summed E-state index contributed by atoms with van der Waals surface area (Å²) >= 11 is 1.14. The molecule has 1 heterocycles. The molecule has 0 radical (unpaired) electrons. The molecule has 8 heteroatoms. The van der Waals surface area contributed by atoms with E-state index in [1.54, 1.807) is 25.3 Å². The first kappa shape index (κ1) is 18.9. The lowest BCUT2D eigenvalue weighted by Gasteiger charge is -2.13. The number of benzene rings is 2. The first-order chi connectivity index (χ1) is 13.1. The average Bonchev–Trinajstić information content (AvgIpc) is 3.15. The number of thioether (sulfide) groups is 1. The van der Waals surface area contributed by atoms with Gasteiger partial charge in [-0.3, -0.25) is 4.79 Å². The summed E-state index contributed by atoms with van der Waals surface area (Å²) in [5, 5.41) is 11.1. The van der Waals surface area contributed by atoms with E-state index >= 15 is 0 Å². The number of nitrogens with one attached hydrogen (secondary N) is 1. The van der Waals surface area contributed by atoms with Crippen LogP contribution in [0.25, 0.3) is 11.5 Å². The van der Waals surface area contributed by atoms with Crippen LogP contribution in [0.5, 0.6) is 5.75 Å². The Hall–Kier alpha value is -2.87. The fraction of sp³-hybridized carbons (Fsp3) is 0.211. The molecular formula is C19H18FN3O3S. The van der Waals surface area contributed by atoms with Crippen LogP contribution in [0.1, 0.15) is 18.5 Å². The number of para-hydroxylation sites is 1. The molecule has 0 fully saturated rings. The number of halogens is 1. The molecule has 0 bridgehead atoms. The molecule has 1 N–H and O–H groups in total. The van der Waals surface area contributed by atoms with Crippen LogP contribution in [-0.4, -0.2) is 29.0 Å². The third-order valence-corrected chi connectivity index (χ3v) is 4.64. The summed E-state index contributed by atoms with van der Waals surface area (Å²) in [7, 11) is 1.57. The predicted octanol–water partition coefficient (Wildman–Crippen LogP) is 3.85. The van der Waals surface area contributed by atoms with Gasteiger partial charge in [-0.05, 0) is 36.8 Å². The molecule has 2 aromatic carbocycles. The van der Waals surface area contributed by atoms with Crippen LogP contribution in [0.15, 0.2) is 58.2 Å². The van der Waals surface area contributed by atoms with E-state index in [0.717, 1.165) is 17.3 Å². The van der Waals surface area contributed by atoms with Gasteiger partial charge in [-0.1, -0.05) is 36.0 Å². The summed E-state index contributed by atoms with van der Waals surface area (Å²) in [6, 6.07) is 13.1. The molecule has 0 aliphatic carbocycles. The first-order valence-electron chi connectivity index (χ1n) is 8.21. The summed E-state index contributed by atoms with van der Waals surface area (Å²) in [5.41, 5.74) is 1.51. The number of carbonyl (C=O) groups is 1. The van der Waals surface area contributed by atoms with Gasteiger partial charge in [0.05, 0.1) is 24.5 Å². The van der Waals surface area contributed by atoms with Gasteiger partial charge in [0.15, 0.2) is 0 Å². The van der Waals surface area contributed by atoms with E-state index in [2.05, 4.69) is 15.5 Å². The number of amides is 1. The predicted molar refractivity (Wildman–Crippen MR) is 100.0 cm³/mol. The standard InChI is InChI=1S/C19H18FN3O3S/c1-12(13-7-9-14(20)10-8-13)21-17(24)11-27-19-23-22-18(26-19)15-5-3-4-6-16(15)25-2/h3-10,12H,11H2,1-2H3,(H,21,24)/t12-/m1/s1. The minimum absolute atomic E-state index is 0.124. The Balaban J connectivity index is 1.56. The van der Waals surface area contributed by atoms with Crippen LogP contribution >= 0.6 is 11.8 Å². The lowest BCUT2D eigenvalue weighted by molar-refractivity contribution is -0.119. The molecule has 3 aromatic rings. The van der Waals surface area contributed by atoms with Crippen molar-refractivity contribution in [1.29, 1.82) is 0 Å². The van der Waals surface area contributed by atoms with E-state index < -0.39 is 0 Å². The number of aromatic nitrogens is 2. The normalized spacial score (nSPS) is 11.8. The Kier molecular flexibility index (Phi) is 6.08. The molecule has 0 aliphatic rings. The SMILES string of the molecule is COc1ccccc1-c1nnc(SCC(=O)N[C@H](C)c2ccc(F)cc2)o1. The third kappa shape index (κ3) is 4.85. The first-order valence-corrected chi connectivity index (χ1v) is 9.20. The monoisotopic (exact) mass is 387 g/mol. The average molecular weight is 387 g/mol. The molecule has 6 nitrogen and oxygen atoms in total. The molecule has 140 valence electrons. The minimum atomic E-state index is -0.310. The van der Waals surface area contributed by atoms with Gasteiger partial charge in [-0.15, -0.1) is 10.2 Å². The Morgan fingerprint density at radius 3 is 2.70 bits per heavy atom. The van der Waals surface area contributed by atoms with Crippen LogP contribution < -0.4 is 10.1 Å². The van der Waals surface area contributed by atoms with Gasteiger partial charge in [0.25, 0.3) is 11.1 Å². The van der Waals surface area contributed by atoms with Crippen molar-refractivity contribution >= 4 is 17.7 Å². The molecule has 3 rings (SSSR count). The number of hydrogen-bond donors (Lipinski definition) is 1. The van der Waals surface area contributed by atoms with Gasteiger partial charge in [-0.2, -0.15) is 0 Å². The molecule has 0 saturated heterocycles. The zero-order chi connectivity index (χ0) is 19.2. The second kappa shape index (κ2) is 8.68. The van der Waals surface area contributed by atoms with Gasteiger partial charge in [-0.25, -0.2) is 4.39 Å². The number of ether oxygens (including phenoxy) is 1. The molecule has 0 spiro atoms. The van der Waals surface area contributed by atoms with Crippen molar-refractivity contribution < 1.29 is 18.3 Å². The van der Waals surface area contributed by atoms with Gasteiger partial charge < -0.3 is 14.5 Å². The van der Waals surface area contributed by atoms with Gasteiger partial charge in [0, 0.05) is 0 Å². The Labute approximate surface area is 160 Å². The fourth-order valence-corrected chi connectivity index (χ4v) is 3.02. The van der Waals surface area contributed by atoms with Gasteiger partial charge in [0.1, 0.15) is 11.6 Å². The van der Waals surface area contributed by atoms with E-state index in [1.807, 2.05) is 25.1 Å². The fourth-order valence-electron chi connectivity index (χ4n) is 2.44. The number of carbonyl (C=O) groups excluding carboxylic acids is 1. The highest BCUT2D eigenvalue weighted by Gasteiger charge is 2.15. The maximum absolute atomic E-state index is 13.0. The zero-order valence-corrected chi connectivity index (χ0v) is 15.6. The van der Waals surface area contributed by atoms with Crippen molar-refractivity contribution in [1.82, 2.24) is 15.5 Å². The molecule has 1 atom stereocenters. The van der Waals surface area contributed by atoms with E-state index in [1.165, 1.54) is 12.1 Å². The van der Waals surface area contributed by atoms with Gasteiger partial charge >= 0.3 is 0 Å². The van der Waals surface area contributed by atoms with E-state index in [-0.39, 0.29) is 23.5 Å². The van der Waals surface area contributed by atoms with Crippen LogP contribution in [0.3, 0.4) is 0 Å². The van der Waals surface area contributed by atoms with Crippen LogP contribution in [0, 0.1) is 5.82 Å². The van der Waals surface area contributed by atoms with Gasteiger partial charge in [0.2, 0.25) is 5.91 Å². The van der Waals surface area contributed by atoms with E-state index in [9.17, 15) is 9.18 Å². The third-order valence-electron chi connectivity index (χ3n) is 3.82. The molecule has 0 saturated carbocycles. The van der Waals surface area contributed by atoms with Crippen molar-refractivity contribution in [2.75, 3.05) is 12.9 Å². The molecule has 0 unspecified atom stereocenters. The second-order valence-electron chi connectivity index (χ2n) is 5.70. The minimum Gasteiger partial charge on any atom is -0.496 e. The molecule has 0 aliphatic heterocycles. The van der Waals surface area contributed by atoms with Crippen LogP contribution in [-0.2, 0) is 4.79 Å². The van der Waals surface area contributed by atoms with Crippen molar-refractivity contribution in [2.24, 2.45) is 0 Å². The number of nitrogens with zero attached hydrogens (tertiary/aromatic N) is 2. The highest BCUT2D eigenvalue weighted by molar-refractivity contribution is 7.99. The lowest BCUT2D eigenvalue weighted by atomic mass is 10.1. The van der Waals surface area contributed by atoms with Crippen molar-refractivity contribution in [3.63, 3.8) is 0 Å². The van der Waals surface area contributed by atoms with E-state index in [4.69, 9.17) is 9.15 Å². The topological polar surface area (TPSA) is 77.2 Å². The highest BCUT2D eigenvalue weighted by atomic mass is 32.2. The van der Waals surface area contributed by atoms with Crippen molar-refractivity contribution in [3.8, 4) is 17.2 Å². The number of methoxy groups -OCH3 is 1. The summed E-state index contributed by atoms with van der Waals surface area (Å²) in [6.45, 7) is 1.84. The van der Waals surface area contributed by atoms with E-state index in [0.29, 0.717) is 22.4 Å². The van der Waals surface area contributed by atoms with Crippen LogP contribution in [0.4, 0.5) is 4.39 Å². The van der Waals surface area contributed by atoms with Crippen molar-refractivity contribution in [2.45, 2.75) is 18.2 Å². The molecule has 1 amide bonds. The highest BCUT2D eigenvalue weighted by Crippen LogP contribution is 2.30. The maximum atomic E-state index is 13.0. The lowest BCUT2D eigenvalue weighted by Crippen LogP contribution is -2.28. The maximum Gasteiger partial charge on any atom is 0.277 e. The Morgan fingerprint density at radius 1 is 1.22 bits per heavy atom. The quantitative estimate of drug-likeness (QED) is 0.621. The summed E-state index contributed by atoms with van der Waals surface area (Å²) in [5.74, 6) is 0.585. The van der Waals surface area contributed by atoms with Crippen LogP contribution in [0.2, 0.25) is 0 Å². The largest absolute Gasteiger partial charge is 0.496 e. The summed E-state index contributed by atoms with van der Waals surface area (Å²) in [6.07, 6.45) is 0. The zero-order valence-electron chi connectivity index (χ0n) is 14.8. The smallest absolute Gasteiger partial charge is 0.277 e. The van der Waals surface area contributed by atoms with Crippen molar-refractivity contribution in [3.05, 3.63) is 59.9 Å². The molecule has 27 heavy (non-hydrogen) atoms. The summed E-state index contributed by atoms with van der Waals surface area (Å²) in [4.78, 5) is 12.1. The number of rotatable bonds is 7. The number of hydrogen-bond acceptors (Lipinski definition) is 6. The molecular weight excluding hydrogens is 369 g/mol. The molecule has 1 aromatic heterocycles. The second-order valence-corrected chi connectivity index (χ2v) is 6.63. The Morgan fingerprint density at radius 2 is 1.96 bits per heavy atom. The Bertz CT molecular complexity index is 915. The summed E-state index contributed by atoms with van der Waals surface area (Å²) < 4.78 is 23.9.